The smallest absolute Gasteiger partial charge is 0.352 e. The van der Waals surface area contributed by atoms with Gasteiger partial charge in [0.1, 0.15) is 22.1 Å². The molecule has 4 rings (SSSR count). The number of nitrogens with two attached hydrogens (primary N) is 1. The molecule has 13 nitrogen and oxygen atoms in total. The monoisotopic (exact) mass is 453 g/mol. The van der Waals surface area contributed by atoms with Crippen LogP contribution in [-0.2, 0) is 16.2 Å². The Morgan fingerprint density at radius 3 is 2.83 bits per heavy atom. The van der Waals surface area contributed by atoms with Gasteiger partial charge in [0, 0.05) is 11.5 Å². The molecule has 2 aliphatic rings. The van der Waals surface area contributed by atoms with E-state index in [4.69, 9.17) is 10.9 Å². The first-order valence-corrected chi connectivity index (χ1v) is 10.5. The normalized spacial score (nSPS) is 20.9. The number of carboxylic acids is 1. The van der Waals surface area contributed by atoms with Crippen LogP contribution in [0.25, 0.3) is 5.78 Å². The summed E-state index contributed by atoms with van der Waals surface area (Å²) < 4.78 is 1.25. The highest BCUT2D eigenvalue weighted by Crippen LogP contribution is 2.40. The molecule has 4 heterocycles. The molecule has 0 bridgehead atoms. The zero-order chi connectivity index (χ0) is 21.6. The van der Waals surface area contributed by atoms with Crippen LogP contribution in [-0.4, -0.2) is 80.6 Å². The van der Waals surface area contributed by atoms with Gasteiger partial charge in [-0.25, -0.2) is 15.3 Å². The Labute approximate surface area is 176 Å². The van der Waals surface area contributed by atoms with Crippen molar-refractivity contribution >= 4 is 47.1 Å². The summed E-state index contributed by atoms with van der Waals surface area (Å²) in [4.78, 5) is 44.6. The van der Waals surface area contributed by atoms with Gasteiger partial charge in [0.05, 0.1) is 12.3 Å². The molecule has 0 unspecified atom stereocenters. The fourth-order valence-corrected chi connectivity index (χ4v) is 5.52. The molecule has 0 radical (unpaired) electrons. The van der Waals surface area contributed by atoms with Crippen molar-refractivity contribution in [1.29, 1.82) is 0 Å². The number of aromatic nitrogens is 4. The number of aliphatic hydroxyl groups excluding tert-OH is 1. The number of aliphatic carboxylic acids is 1. The Bertz CT molecular complexity index is 1100. The van der Waals surface area contributed by atoms with E-state index in [1.807, 2.05) is 0 Å². The van der Waals surface area contributed by atoms with Gasteiger partial charge in [-0.3, -0.25) is 19.7 Å². The van der Waals surface area contributed by atoms with Gasteiger partial charge in [-0.1, -0.05) is 0 Å². The number of nitrogens with zero attached hydrogens (tertiary/aromatic N) is 5. The summed E-state index contributed by atoms with van der Waals surface area (Å²) in [5, 5.41) is 31.9. The van der Waals surface area contributed by atoms with Crippen LogP contribution < -0.4 is 11.2 Å². The molecular weight excluding hydrogens is 438 g/mol. The standard InChI is InChI=1S/C15H15N7O6S2/c16-8-12(25)21-9(14(26)27)5(4-30-13(8)21)3-29-7-1-6(2-23)17-15-18-10(11(24)20-28)19-22(7)15/h1,8,13,23,28H,2-4,16H2,(H,20,24)(H,26,27)/t8-,13-/m1/s1. The van der Waals surface area contributed by atoms with Gasteiger partial charge >= 0.3 is 11.9 Å². The van der Waals surface area contributed by atoms with Gasteiger partial charge < -0.3 is 15.9 Å². The maximum atomic E-state index is 12.1. The second-order valence-corrected chi connectivity index (χ2v) is 8.41. The predicted octanol–water partition coefficient (Wildman–Crippen LogP) is -1.59. The van der Waals surface area contributed by atoms with Crippen LogP contribution >= 0.6 is 23.5 Å². The third kappa shape index (κ3) is 3.29. The topological polar surface area (TPSA) is 196 Å². The molecule has 2 aromatic rings. The van der Waals surface area contributed by atoms with Gasteiger partial charge in [-0.2, -0.15) is 9.50 Å². The lowest BCUT2D eigenvalue weighted by atomic mass is 10.0. The van der Waals surface area contributed by atoms with Gasteiger partial charge in [-0.05, 0) is 11.6 Å². The van der Waals surface area contributed by atoms with E-state index in [-0.39, 0.29) is 40.7 Å². The van der Waals surface area contributed by atoms with Crippen LogP contribution in [0, 0.1) is 0 Å². The van der Waals surface area contributed by atoms with Crippen molar-refractivity contribution in [2.75, 3.05) is 11.5 Å². The van der Waals surface area contributed by atoms with Crippen molar-refractivity contribution in [2.45, 2.75) is 23.0 Å². The van der Waals surface area contributed by atoms with Gasteiger partial charge in [0.2, 0.25) is 11.7 Å². The summed E-state index contributed by atoms with van der Waals surface area (Å²) in [5.41, 5.74) is 7.89. The van der Waals surface area contributed by atoms with Gasteiger partial charge in [0.25, 0.3) is 5.78 Å². The number of fused-ring (bicyclic) bond motifs is 2. The minimum absolute atomic E-state index is 0.0251. The van der Waals surface area contributed by atoms with Crippen molar-refractivity contribution in [1.82, 2.24) is 30.0 Å². The summed E-state index contributed by atoms with van der Waals surface area (Å²) in [6, 6.07) is 0.814. The predicted molar refractivity (Wildman–Crippen MR) is 102 cm³/mol. The van der Waals surface area contributed by atoms with E-state index in [1.165, 1.54) is 44.5 Å². The largest absolute Gasteiger partial charge is 0.477 e. The van der Waals surface area contributed by atoms with E-state index in [2.05, 4.69) is 15.1 Å². The molecule has 0 spiro atoms. The fourth-order valence-electron chi connectivity index (χ4n) is 3.07. The molecule has 0 aromatic carbocycles. The number of carbonyl (C=O) groups excluding carboxylic acids is 2. The van der Waals surface area contributed by atoms with Crippen molar-refractivity contribution < 1.29 is 29.8 Å². The highest BCUT2D eigenvalue weighted by Gasteiger charge is 2.51. The number of rotatable bonds is 6. The van der Waals surface area contributed by atoms with Crippen molar-refractivity contribution in [2.24, 2.45) is 5.73 Å². The molecule has 2 aliphatic heterocycles. The molecular formula is C15H15N7O6S2. The first-order chi connectivity index (χ1) is 14.3. The third-order valence-corrected chi connectivity index (χ3v) is 6.92. The second kappa shape index (κ2) is 7.84. The zero-order valence-electron chi connectivity index (χ0n) is 15.0. The van der Waals surface area contributed by atoms with Crippen LogP contribution in [0.2, 0.25) is 0 Å². The number of amides is 2. The number of carboxylic acid groups (broad SMARTS) is 1. The molecule has 0 saturated carbocycles. The maximum absolute atomic E-state index is 12.1. The number of hydrogen-bond donors (Lipinski definition) is 5. The van der Waals surface area contributed by atoms with E-state index >= 15 is 0 Å². The van der Waals surface area contributed by atoms with E-state index in [9.17, 15) is 24.6 Å². The number of thioether (sulfide) groups is 2. The van der Waals surface area contributed by atoms with E-state index < -0.39 is 23.8 Å². The molecule has 6 N–H and O–H groups in total. The Kier molecular flexibility index (Phi) is 5.37. The molecule has 1 fully saturated rings. The third-order valence-electron chi connectivity index (χ3n) is 4.48. The van der Waals surface area contributed by atoms with Crippen LogP contribution in [0.15, 0.2) is 22.4 Å². The molecule has 15 heteroatoms. The lowest BCUT2D eigenvalue weighted by molar-refractivity contribution is -0.147. The van der Waals surface area contributed by atoms with E-state index in [0.717, 1.165) is 0 Å². The molecule has 2 atom stereocenters. The van der Waals surface area contributed by atoms with E-state index in [1.54, 1.807) is 0 Å². The molecule has 2 aromatic heterocycles. The number of β-lactam (4-membered cyclic amide) rings is 1. The lowest BCUT2D eigenvalue weighted by Crippen LogP contribution is -2.68. The maximum Gasteiger partial charge on any atom is 0.352 e. The van der Waals surface area contributed by atoms with Crippen molar-refractivity contribution in [3.63, 3.8) is 0 Å². The number of carbonyl (C=O) groups is 3. The minimum atomic E-state index is -1.21. The first kappa shape index (κ1) is 20.5. The van der Waals surface area contributed by atoms with Crippen LogP contribution in [0.5, 0.6) is 0 Å². The van der Waals surface area contributed by atoms with Crippen LogP contribution in [0.4, 0.5) is 0 Å². The lowest BCUT2D eigenvalue weighted by Gasteiger charge is -2.48. The Morgan fingerprint density at radius 1 is 1.40 bits per heavy atom. The van der Waals surface area contributed by atoms with Crippen molar-refractivity contribution in [3.8, 4) is 0 Å². The first-order valence-electron chi connectivity index (χ1n) is 8.46. The summed E-state index contributed by atoms with van der Waals surface area (Å²) in [7, 11) is 0. The highest BCUT2D eigenvalue weighted by molar-refractivity contribution is 8.01. The summed E-state index contributed by atoms with van der Waals surface area (Å²) in [6.45, 7) is -0.390. The molecule has 158 valence electrons. The van der Waals surface area contributed by atoms with E-state index in [0.29, 0.717) is 16.4 Å². The number of hydrogen-bond acceptors (Lipinski definition) is 11. The fraction of sp³-hybridized carbons (Fsp3) is 0.333. The number of hydroxylamine groups is 1. The van der Waals surface area contributed by atoms with Gasteiger partial charge in [-0.15, -0.1) is 28.6 Å². The average Bonchev–Trinajstić information content (AvgIpc) is 3.19. The average molecular weight is 453 g/mol. The summed E-state index contributed by atoms with van der Waals surface area (Å²) in [6.07, 6.45) is 0. The SMILES string of the molecule is N[C@@H]1C(=O)N2C(C(=O)O)=C(CSc3cc(CO)nc4nc(C(=O)NO)nn34)CS[C@H]12. The zero-order valence-corrected chi connectivity index (χ0v) is 16.7. The molecule has 30 heavy (non-hydrogen) atoms. The number of nitrogens with one attached hydrogen (secondary N) is 1. The van der Waals surface area contributed by atoms with Gasteiger partial charge in [0.15, 0.2) is 0 Å². The molecule has 2 amide bonds. The second-order valence-electron chi connectivity index (χ2n) is 6.31. The Hall–Kier alpha value is -2.72. The Balaban J connectivity index is 1.67. The highest BCUT2D eigenvalue weighted by atomic mass is 32.2. The number of aliphatic hydroxyl groups is 1. The van der Waals surface area contributed by atoms with Crippen molar-refractivity contribution in [3.05, 3.63) is 28.9 Å². The van der Waals surface area contributed by atoms with Crippen LogP contribution in [0.3, 0.4) is 0 Å². The molecule has 0 aliphatic carbocycles. The molecule has 1 saturated heterocycles. The Morgan fingerprint density at radius 2 is 2.17 bits per heavy atom. The van der Waals surface area contributed by atoms with Crippen LogP contribution in [0.1, 0.15) is 16.3 Å². The summed E-state index contributed by atoms with van der Waals surface area (Å²) in [5.74, 6) is -2.30. The quantitative estimate of drug-likeness (QED) is 0.111. The minimum Gasteiger partial charge on any atom is -0.477 e. The summed E-state index contributed by atoms with van der Waals surface area (Å²) >= 11 is 2.57.